The van der Waals surface area contributed by atoms with E-state index in [2.05, 4.69) is 29.1 Å². The molecule has 160 valence electrons. The van der Waals surface area contributed by atoms with Crippen LogP contribution >= 0.6 is 23.2 Å². The number of benzene rings is 2. The van der Waals surface area contributed by atoms with Crippen LogP contribution < -0.4 is 14.8 Å². The monoisotopic (exact) mass is 456 g/mol. The van der Waals surface area contributed by atoms with E-state index in [1.54, 1.807) is 13.3 Å². The highest BCUT2D eigenvalue weighted by Gasteiger charge is 2.52. The summed E-state index contributed by atoms with van der Waals surface area (Å²) in [5.74, 6) is 0.992. The number of hydrogen-bond acceptors (Lipinski definition) is 6. The van der Waals surface area contributed by atoms with Gasteiger partial charge in [0.1, 0.15) is 11.4 Å². The van der Waals surface area contributed by atoms with Gasteiger partial charge in [-0.15, -0.1) is 0 Å². The molecule has 0 radical (unpaired) electrons. The molecule has 0 amide bonds. The average Bonchev–Trinajstić information content (AvgIpc) is 3.06. The van der Waals surface area contributed by atoms with Crippen LogP contribution in [0.25, 0.3) is 0 Å². The van der Waals surface area contributed by atoms with Crippen molar-refractivity contribution in [3.8, 4) is 11.9 Å². The second kappa shape index (κ2) is 8.02. The molecule has 0 saturated carbocycles. The lowest BCUT2D eigenvalue weighted by atomic mass is 9.72. The van der Waals surface area contributed by atoms with E-state index in [1.807, 2.05) is 48.5 Å². The summed E-state index contributed by atoms with van der Waals surface area (Å²) in [6.07, 6.45) is 1.65. The average molecular weight is 457 g/mol. The molecule has 0 unspecified atom stereocenters. The lowest BCUT2D eigenvalue weighted by Gasteiger charge is -2.40. The van der Waals surface area contributed by atoms with Crippen molar-refractivity contribution in [2.75, 3.05) is 14.2 Å². The Bertz CT molecular complexity index is 1140. The second-order valence-corrected chi connectivity index (χ2v) is 8.45. The van der Waals surface area contributed by atoms with E-state index in [4.69, 9.17) is 37.7 Å². The smallest absolute Gasteiger partial charge is 0.319 e. The Labute approximate surface area is 191 Å². The first-order valence-electron chi connectivity index (χ1n) is 9.66. The van der Waals surface area contributed by atoms with E-state index in [0.717, 1.165) is 11.1 Å². The quantitative estimate of drug-likeness (QED) is 0.585. The minimum Gasteiger partial charge on any atom is -0.480 e. The topological polar surface area (TPSA) is 68.6 Å². The largest absolute Gasteiger partial charge is 0.480 e. The van der Waals surface area contributed by atoms with Gasteiger partial charge in [-0.05, 0) is 49.2 Å². The molecule has 2 heterocycles. The number of aliphatic imine (C=N–C) groups is 1. The summed E-state index contributed by atoms with van der Waals surface area (Å²) in [4.78, 5) is 13.7. The van der Waals surface area contributed by atoms with E-state index in [1.165, 1.54) is 7.11 Å². The Morgan fingerprint density at radius 1 is 0.839 bits per heavy atom. The van der Waals surface area contributed by atoms with Gasteiger partial charge in [0, 0.05) is 16.2 Å². The summed E-state index contributed by atoms with van der Waals surface area (Å²) >= 11 is 12.3. The maximum atomic E-state index is 6.15. The van der Waals surface area contributed by atoms with E-state index < -0.39 is 11.1 Å². The normalized spacial score (nSPS) is 22.6. The first-order valence-corrected chi connectivity index (χ1v) is 10.4. The number of hydrogen-bond donors (Lipinski definition) is 1. The van der Waals surface area contributed by atoms with Crippen LogP contribution in [0.1, 0.15) is 30.5 Å². The van der Waals surface area contributed by atoms with Gasteiger partial charge >= 0.3 is 6.01 Å². The SMILES string of the molecule is COc1ncc(C2=N[C@@](C)(c3ccc(Cl)cc3)[C@](C)(c3ccc(Cl)cc3)N2)c(OC)n1. The van der Waals surface area contributed by atoms with Crippen molar-refractivity contribution in [3.05, 3.63) is 81.5 Å². The second-order valence-electron chi connectivity index (χ2n) is 7.58. The van der Waals surface area contributed by atoms with Gasteiger partial charge in [-0.2, -0.15) is 4.98 Å². The lowest BCUT2D eigenvalue weighted by molar-refractivity contribution is 0.268. The van der Waals surface area contributed by atoms with Crippen molar-refractivity contribution < 1.29 is 9.47 Å². The summed E-state index contributed by atoms with van der Waals surface area (Å²) < 4.78 is 10.6. The molecular formula is C23H22Cl2N4O2. The van der Waals surface area contributed by atoms with Gasteiger partial charge in [0.05, 0.1) is 25.3 Å². The third-order valence-corrected chi connectivity index (χ3v) is 6.37. The third kappa shape index (κ3) is 3.60. The molecule has 0 bridgehead atoms. The third-order valence-electron chi connectivity index (χ3n) is 5.87. The first kappa shape index (κ1) is 21.4. The van der Waals surface area contributed by atoms with Gasteiger partial charge in [-0.3, -0.25) is 4.99 Å². The van der Waals surface area contributed by atoms with Crippen LogP contribution in [0, 0.1) is 0 Å². The lowest BCUT2D eigenvalue weighted by Crippen LogP contribution is -2.50. The molecule has 1 aliphatic heterocycles. The molecule has 0 spiro atoms. The summed E-state index contributed by atoms with van der Waals surface area (Å²) in [6.45, 7) is 4.19. The van der Waals surface area contributed by atoms with Crippen molar-refractivity contribution in [1.29, 1.82) is 0 Å². The molecule has 0 saturated heterocycles. The Hall–Kier alpha value is -2.83. The molecule has 0 fully saturated rings. The minimum atomic E-state index is -0.675. The Balaban J connectivity index is 1.90. The van der Waals surface area contributed by atoms with Gasteiger partial charge in [0.15, 0.2) is 0 Å². The fourth-order valence-corrected chi connectivity index (χ4v) is 4.13. The zero-order valence-corrected chi connectivity index (χ0v) is 19.1. The summed E-state index contributed by atoms with van der Waals surface area (Å²) in [5.41, 5.74) is 1.39. The van der Waals surface area contributed by atoms with E-state index >= 15 is 0 Å². The van der Waals surface area contributed by atoms with Crippen molar-refractivity contribution >= 4 is 29.0 Å². The fraction of sp³-hybridized carbons (Fsp3) is 0.261. The van der Waals surface area contributed by atoms with Crippen LogP contribution in [0.3, 0.4) is 0 Å². The number of aromatic nitrogens is 2. The van der Waals surface area contributed by atoms with Gasteiger partial charge in [-0.25, -0.2) is 4.98 Å². The summed E-state index contributed by atoms with van der Waals surface area (Å²) in [5, 5.41) is 4.95. The zero-order chi connectivity index (χ0) is 22.2. The maximum absolute atomic E-state index is 6.15. The highest BCUT2D eigenvalue weighted by molar-refractivity contribution is 6.30. The molecule has 3 aromatic rings. The molecule has 0 aliphatic carbocycles. The van der Waals surface area contributed by atoms with Gasteiger partial charge in [0.25, 0.3) is 0 Å². The zero-order valence-electron chi connectivity index (χ0n) is 17.6. The number of amidine groups is 1. The summed E-state index contributed by atoms with van der Waals surface area (Å²) in [6, 6.07) is 15.7. The van der Waals surface area contributed by atoms with Crippen LogP contribution in [0.5, 0.6) is 11.9 Å². The van der Waals surface area contributed by atoms with Crippen LogP contribution in [0.4, 0.5) is 0 Å². The van der Waals surface area contributed by atoms with Crippen LogP contribution in [0.2, 0.25) is 10.0 Å². The van der Waals surface area contributed by atoms with Crippen molar-refractivity contribution in [1.82, 2.24) is 15.3 Å². The molecule has 2 atom stereocenters. The standard InChI is InChI=1S/C23H22Cl2N4O2/c1-22(14-5-9-16(24)10-6-14)23(2,15-7-11-17(25)12-8-15)29-19(28-22)18-13-26-21(31-4)27-20(18)30-3/h5-13H,1-4H3,(H,28,29)/t22-,23-/m0/s1. The number of methoxy groups -OCH3 is 2. The molecule has 6 nitrogen and oxygen atoms in total. The van der Waals surface area contributed by atoms with E-state index in [9.17, 15) is 0 Å². The van der Waals surface area contributed by atoms with Crippen molar-refractivity contribution in [2.24, 2.45) is 4.99 Å². The highest BCUT2D eigenvalue weighted by Crippen LogP contribution is 2.48. The highest BCUT2D eigenvalue weighted by atomic mass is 35.5. The molecule has 1 aliphatic rings. The maximum Gasteiger partial charge on any atom is 0.319 e. The minimum absolute atomic E-state index is 0.222. The number of halogens is 2. The molecule has 8 heteroatoms. The van der Waals surface area contributed by atoms with Gasteiger partial charge in [-0.1, -0.05) is 47.5 Å². The molecule has 31 heavy (non-hydrogen) atoms. The molecule has 1 N–H and O–H groups in total. The van der Waals surface area contributed by atoms with Crippen LogP contribution in [-0.2, 0) is 11.1 Å². The van der Waals surface area contributed by atoms with E-state index in [0.29, 0.717) is 27.3 Å². The number of rotatable bonds is 5. The Morgan fingerprint density at radius 3 is 1.97 bits per heavy atom. The summed E-state index contributed by atoms with van der Waals surface area (Å²) in [7, 11) is 3.06. The predicted molar refractivity (Wildman–Crippen MR) is 122 cm³/mol. The predicted octanol–water partition coefficient (Wildman–Crippen LogP) is 4.98. The van der Waals surface area contributed by atoms with Gasteiger partial charge < -0.3 is 14.8 Å². The Morgan fingerprint density at radius 2 is 1.42 bits per heavy atom. The first-order chi connectivity index (χ1) is 14.8. The molecular weight excluding hydrogens is 435 g/mol. The molecule has 2 aromatic carbocycles. The van der Waals surface area contributed by atoms with Crippen LogP contribution in [-0.4, -0.2) is 30.0 Å². The Kier molecular flexibility index (Phi) is 5.54. The van der Waals surface area contributed by atoms with Crippen molar-refractivity contribution in [3.63, 3.8) is 0 Å². The number of nitrogens with one attached hydrogen (secondary N) is 1. The number of nitrogens with zero attached hydrogens (tertiary/aromatic N) is 3. The van der Waals surface area contributed by atoms with E-state index in [-0.39, 0.29) is 6.01 Å². The van der Waals surface area contributed by atoms with Gasteiger partial charge in [0.2, 0.25) is 5.88 Å². The van der Waals surface area contributed by atoms with Crippen LogP contribution in [0.15, 0.2) is 59.7 Å². The number of ether oxygens (including phenoxy) is 2. The molecule has 4 rings (SSSR count). The fourth-order valence-electron chi connectivity index (χ4n) is 3.88. The van der Waals surface area contributed by atoms with Crippen molar-refractivity contribution in [2.45, 2.75) is 24.9 Å². The molecule has 1 aromatic heterocycles.